The molecule has 1 saturated carbocycles. The quantitative estimate of drug-likeness (QED) is 0.272. The van der Waals surface area contributed by atoms with Crippen LogP contribution in [0.4, 0.5) is 34.8 Å². The Morgan fingerprint density at radius 1 is 1.10 bits per heavy atom. The first-order valence-corrected chi connectivity index (χ1v) is 15.5. The molecule has 13 nitrogen and oxygen atoms in total. The number of benzene rings is 1. The minimum atomic E-state index is -4.84. The van der Waals surface area contributed by atoms with Crippen LogP contribution < -0.4 is 20.5 Å². The van der Waals surface area contributed by atoms with Gasteiger partial charge in [-0.2, -0.15) is 13.2 Å². The Kier molecular flexibility index (Phi) is 7.05. The third-order valence-corrected chi connectivity index (χ3v) is 9.07. The molecule has 1 saturated heterocycles. The van der Waals surface area contributed by atoms with Gasteiger partial charge in [-0.25, -0.2) is 24.3 Å². The van der Waals surface area contributed by atoms with E-state index in [2.05, 4.69) is 25.3 Å². The number of hydrogen-bond donors (Lipinski definition) is 2. The molecule has 0 bridgehead atoms. The van der Waals surface area contributed by atoms with Gasteiger partial charge >= 0.3 is 6.18 Å². The molecule has 6 rings (SSSR count). The summed E-state index contributed by atoms with van der Waals surface area (Å²) >= 11 is 0. The van der Waals surface area contributed by atoms with Gasteiger partial charge < -0.3 is 29.7 Å². The van der Waals surface area contributed by atoms with Crippen LogP contribution in [0, 0.1) is 19.7 Å². The molecule has 4 heterocycles. The average Bonchev–Trinajstić information content (AvgIpc) is 3.07. The van der Waals surface area contributed by atoms with Crippen LogP contribution in [-0.4, -0.2) is 85.4 Å². The number of alkyl halides is 3. The molecule has 0 unspecified atom stereocenters. The Balaban J connectivity index is 1.48. The van der Waals surface area contributed by atoms with E-state index < -0.39 is 84.4 Å². The molecule has 50 heavy (non-hydrogen) atoms. The van der Waals surface area contributed by atoms with Crippen LogP contribution in [0.3, 0.4) is 0 Å². The molecular weight excluding hydrogens is 662 g/mol. The van der Waals surface area contributed by atoms with E-state index in [1.807, 2.05) is 0 Å². The van der Waals surface area contributed by atoms with Gasteiger partial charge in [0.2, 0.25) is 11.3 Å². The molecule has 4 aromatic rings. The normalized spacial score (nSPS) is 19.7. The second kappa shape index (κ2) is 12.8. The molecule has 264 valence electrons. The van der Waals surface area contributed by atoms with Crippen molar-refractivity contribution in [2.75, 3.05) is 42.2 Å². The molecule has 2 atom stereocenters. The van der Waals surface area contributed by atoms with Crippen molar-refractivity contribution in [1.82, 2.24) is 29.4 Å². The number of amides is 2. The van der Waals surface area contributed by atoms with Crippen molar-refractivity contribution in [3.05, 3.63) is 68.9 Å². The van der Waals surface area contributed by atoms with Crippen molar-refractivity contribution in [2.45, 2.75) is 64.8 Å². The fourth-order valence-corrected chi connectivity index (χ4v) is 6.53. The molecule has 3 aromatic heterocycles. The lowest BCUT2D eigenvalue weighted by Gasteiger charge is -2.54. The van der Waals surface area contributed by atoms with Crippen LogP contribution in [0.1, 0.15) is 61.1 Å². The molecule has 1 aromatic carbocycles. The summed E-state index contributed by atoms with van der Waals surface area (Å²) in [6.45, 7) is -2.68. The maximum Gasteiger partial charge on any atom is 0.416 e. The first kappa shape index (κ1) is 27.5. The number of nitrogens with zero attached hydrogens (tertiary/aromatic N) is 8. The first-order valence-electron chi connectivity index (χ1n) is 18.5. The predicted molar refractivity (Wildman–Crippen MR) is 176 cm³/mol. The molecule has 1 aliphatic heterocycles. The minimum Gasteiger partial charge on any atom is -0.504 e. The van der Waals surface area contributed by atoms with Crippen LogP contribution in [0.15, 0.2) is 29.3 Å². The number of halogens is 4. The number of aromatic nitrogens is 5. The van der Waals surface area contributed by atoms with Gasteiger partial charge in [0.15, 0.2) is 28.4 Å². The number of rotatable bonds is 7. The van der Waals surface area contributed by atoms with Crippen molar-refractivity contribution in [3.63, 3.8) is 0 Å². The molecule has 2 fully saturated rings. The van der Waals surface area contributed by atoms with E-state index in [1.165, 1.54) is 23.3 Å². The fraction of sp³-hybridized carbons (Fsp3) is 0.424. The number of anilines is 3. The van der Waals surface area contributed by atoms with Crippen molar-refractivity contribution in [1.29, 1.82) is 0 Å². The van der Waals surface area contributed by atoms with Gasteiger partial charge in [-0.1, -0.05) is 6.92 Å². The molecule has 2 N–H and O–H groups in total. The number of fused-ring (bicyclic) bond motifs is 2. The van der Waals surface area contributed by atoms with Crippen molar-refractivity contribution in [2.24, 2.45) is 0 Å². The molecule has 2 aliphatic rings. The van der Waals surface area contributed by atoms with Crippen molar-refractivity contribution in [3.8, 4) is 5.75 Å². The number of nitrogens with one attached hydrogen (secondary N) is 1. The number of carbonyl (C=O) groups is 2. The van der Waals surface area contributed by atoms with E-state index in [-0.39, 0.29) is 70.3 Å². The van der Waals surface area contributed by atoms with E-state index in [0.717, 1.165) is 12.4 Å². The summed E-state index contributed by atoms with van der Waals surface area (Å²) < 4.78 is 103. The summed E-state index contributed by atoms with van der Waals surface area (Å²) in [5.41, 5.74) is -3.34. The number of pyridine rings is 1. The Morgan fingerprint density at radius 2 is 1.84 bits per heavy atom. The highest BCUT2D eigenvalue weighted by Gasteiger charge is 2.47. The summed E-state index contributed by atoms with van der Waals surface area (Å²) in [4.78, 5) is 61.7. The molecule has 17 heteroatoms. The molecule has 0 radical (unpaired) electrons. The van der Waals surface area contributed by atoms with Gasteiger partial charge in [0, 0.05) is 47.0 Å². The minimum absolute atomic E-state index is 0.00876. The zero-order valence-corrected chi connectivity index (χ0v) is 27.0. The summed E-state index contributed by atoms with van der Waals surface area (Å²) in [6.07, 6.45) is -2.61. The third-order valence-electron chi connectivity index (χ3n) is 9.07. The zero-order chi connectivity index (χ0) is 41.2. The molecular formula is C33H35F4N9O4. The van der Waals surface area contributed by atoms with Gasteiger partial charge in [-0.05, 0) is 51.3 Å². The highest BCUT2D eigenvalue weighted by atomic mass is 19.4. The summed E-state index contributed by atoms with van der Waals surface area (Å²) in [5.74, 6) is -3.88. The Labute approximate surface area is 292 Å². The first-order chi connectivity index (χ1) is 26.0. The van der Waals surface area contributed by atoms with Gasteiger partial charge in [-0.15, -0.1) is 0 Å². The maximum atomic E-state index is 14.8. The van der Waals surface area contributed by atoms with Crippen molar-refractivity contribution >= 4 is 40.2 Å². The predicted octanol–water partition coefficient (Wildman–Crippen LogP) is 3.82. The van der Waals surface area contributed by atoms with E-state index in [1.54, 1.807) is 11.8 Å². The van der Waals surface area contributed by atoms with E-state index >= 15 is 0 Å². The number of carbonyl (C=O) groups excluding carboxylic acids is 2. The van der Waals surface area contributed by atoms with E-state index in [9.17, 15) is 37.1 Å². The Morgan fingerprint density at radius 3 is 2.48 bits per heavy atom. The highest BCUT2D eigenvalue weighted by molar-refractivity contribution is 5.96. The lowest BCUT2D eigenvalue weighted by molar-refractivity contribution is -0.137. The van der Waals surface area contributed by atoms with Gasteiger partial charge in [0.1, 0.15) is 24.4 Å². The standard InChI is InChI=1S/C33H35F4N9O4/c1-6-21-27(44-11-12-45(23-10-9-22(23)44)32(50)26-28(48)16(2)38-15-39-26)29(49)25-31(40-17(3)30(42-25)43(4)5)46(21)14-24(47)41-20-8-7-18(13-19(20)34)33(35,36)37/h7-8,13,15,22-23,48H,6,9-12,14H2,1-5H3,(H,41,47)/t22-,23-/m0/s1/i4D3,5D3. The summed E-state index contributed by atoms with van der Waals surface area (Å²) in [7, 11) is 0. The lowest BCUT2D eigenvalue weighted by Crippen LogP contribution is -2.67. The second-order valence-corrected chi connectivity index (χ2v) is 12.0. The highest BCUT2D eigenvalue weighted by Crippen LogP contribution is 2.39. The van der Waals surface area contributed by atoms with Crippen LogP contribution in [0.25, 0.3) is 11.2 Å². The fourth-order valence-electron chi connectivity index (χ4n) is 6.53. The average molecular weight is 704 g/mol. The second-order valence-electron chi connectivity index (χ2n) is 12.0. The Bertz CT molecular complexity index is 2290. The monoisotopic (exact) mass is 703 g/mol. The molecule has 1 aliphatic carbocycles. The zero-order valence-electron chi connectivity index (χ0n) is 33.0. The molecule has 0 spiro atoms. The number of piperazine rings is 1. The van der Waals surface area contributed by atoms with Crippen LogP contribution >= 0.6 is 0 Å². The van der Waals surface area contributed by atoms with Gasteiger partial charge in [-0.3, -0.25) is 14.4 Å². The number of aryl methyl sites for hydroxylation is 2. The molecule has 2 amide bonds. The third kappa shape index (κ3) is 5.94. The smallest absolute Gasteiger partial charge is 0.416 e. The topological polar surface area (TPSA) is 150 Å². The van der Waals surface area contributed by atoms with Crippen LogP contribution in [-0.2, 0) is 23.9 Å². The lowest BCUT2D eigenvalue weighted by atomic mass is 9.81. The van der Waals surface area contributed by atoms with Crippen LogP contribution in [0.2, 0.25) is 0 Å². The van der Waals surface area contributed by atoms with Gasteiger partial charge in [0.25, 0.3) is 5.91 Å². The SMILES string of the molecule is [2H]C([2H])([2H])N(c1nc2c(=O)c(N3CCN(C(=O)c4ncnc(C)c4O)[C@H]4CC[C@@H]43)c(CC)n(CC(=O)Nc3ccc(C(F)(F)F)cc3F)c2nc1C)C([2H])([2H])[2H]. The summed E-state index contributed by atoms with van der Waals surface area (Å²) in [5, 5.41) is 12.8. The van der Waals surface area contributed by atoms with Crippen molar-refractivity contribution < 1.29 is 40.5 Å². The largest absolute Gasteiger partial charge is 0.504 e. The Hall–Kier alpha value is -5.35. The van der Waals surface area contributed by atoms with Crippen LogP contribution in [0.5, 0.6) is 5.75 Å². The summed E-state index contributed by atoms with van der Waals surface area (Å²) in [6, 6.07) is 0.626. The van der Waals surface area contributed by atoms with E-state index in [0.29, 0.717) is 18.9 Å². The number of hydrogen-bond acceptors (Lipinski definition) is 10. The number of aromatic hydroxyl groups is 1. The van der Waals surface area contributed by atoms with Gasteiger partial charge in [0.05, 0.1) is 28.7 Å². The van der Waals surface area contributed by atoms with E-state index in [4.69, 9.17) is 8.22 Å². The maximum absolute atomic E-state index is 14.8.